The first kappa shape index (κ1) is 24.0. The number of nitrogens with one attached hydrogen (secondary N) is 1. The first-order valence-electron chi connectivity index (χ1n) is 9.98. The molecule has 0 atom stereocenters. The Morgan fingerprint density at radius 2 is 1.73 bits per heavy atom. The summed E-state index contributed by atoms with van der Waals surface area (Å²) < 4.78 is 17.6. The summed E-state index contributed by atoms with van der Waals surface area (Å²) >= 11 is 0. The third-order valence-electron chi connectivity index (χ3n) is 5.22. The zero-order valence-electron chi connectivity index (χ0n) is 19.1. The van der Waals surface area contributed by atoms with E-state index < -0.39 is 36.0 Å². The van der Waals surface area contributed by atoms with Crippen LogP contribution in [0.1, 0.15) is 70.0 Å². The van der Waals surface area contributed by atoms with Gasteiger partial charge in [0, 0.05) is 6.54 Å². The lowest BCUT2D eigenvalue weighted by Crippen LogP contribution is -2.41. The predicted molar refractivity (Wildman–Crippen MR) is 116 cm³/mol. The number of amides is 1. The fraction of sp³-hybridized carbons (Fsp3) is 0.545. The summed E-state index contributed by atoms with van der Waals surface area (Å²) in [5.41, 5.74) is 0.690. The Labute approximate surface area is 178 Å². The van der Waals surface area contributed by atoms with Crippen LogP contribution in [0.2, 0.25) is 0 Å². The summed E-state index contributed by atoms with van der Waals surface area (Å²) in [7, 11) is -0.663. The van der Waals surface area contributed by atoms with E-state index in [0.717, 1.165) is 5.56 Å². The second-order valence-electron chi connectivity index (χ2n) is 9.54. The maximum atomic E-state index is 12.2. The number of ether oxygens (including phenoxy) is 1. The number of carbonyl (C=O) groups excluding carboxylic acids is 1. The van der Waals surface area contributed by atoms with E-state index >= 15 is 0 Å². The standard InChI is InChI=1S/C22H32BNO6/c1-14-11-15(9-10-17(14)18(25)26)12-16(13-24-19(27)28-20(2,3)4)23-29-21(5,6)22(7,8)30-23/h9-12H,13H2,1-8H3,(H,24,27)(H,25,26). The van der Waals surface area contributed by atoms with E-state index in [1.165, 1.54) is 0 Å². The first-order valence-corrected chi connectivity index (χ1v) is 9.98. The monoisotopic (exact) mass is 417 g/mol. The SMILES string of the molecule is Cc1cc(C=C(CNC(=O)OC(C)(C)C)B2OC(C)(C)C(C)(C)O2)ccc1C(=O)O. The minimum absolute atomic E-state index is 0.158. The van der Waals surface area contributed by atoms with Crippen molar-refractivity contribution in [3.8, 4) is 0 Å². The van der Waals surface area contributed by atoms with E-state index in [1.54, 1.807) is 45.9 Å². The number of benzene rings is 1. The van der Waals surface area contributed by atoms with Crippen molar-refractivity contribution in [2.75, 3.05) is 6.54 Å². The van der Waals surface area contributed by atoms with E-state index in [4.69, 9.17) is 14.0 Å². The van der Waals surface area contributed by atoms with Crippen molar-refractivity contribution in [3.05, 3.63) is 40.4 Å². The molecule has 0 aliphatic carbocycles. The van der Waals surface area contributed by atoms with Gasteiger partial charge in [0.05, 0.1) is 16.8 Å². The quantitative estimate of drug-likeness (QED) is 0.697. The van der Waals surface area contributed by atoms with Crippen LogP contribution >= 0.6 is 0 Å². The topological polar surface area (TPSA) is 94.1 Å². The number of alkyl carbamates (subject to hydrolysis) is 1. The zero-order valence-corrected chi connectivity index (χ0v) is 19.1. The Bertz CT molecular complexity index is 838. The molecule has 7 nitrogen and oxygen atoms in total. The summed E-state index contributed by atoms with van der Waals surface area (Å²) in [6.45, 7) is 15.1. The molecule has 0 spiro atoms. The molecule has 0 radical (unpaired) electrons. The lowest BCUT2D eigenvalue weighted by atomic mass is 9.77. The Kier molecular flexibility index (Phi) is 6.74. The number of carbonyl (C=O) groups is 2. The molecule has 1 aromatic carbocycles. The number of aromatic carboxylic acids is 1. The number of hydrogen-bond acceptors (Lipinski definition) is 5. The molecular formula is C22H32BNO6. The third kappa shape index (κ3) is 5.86. The minimum Gasteiger partial charge on any atom is -0.478 e. The molecule has 0 aromatic heterocycles. The molecule has 1 heterocycles. The fourth-order valence-corrected chi connectivity index (χ4v) is 2.92. The molecule has 1 saturated heterocycles. The summed E-state index contributed by atoms with van der Waals surface area (Å²) in [5.74, 6) is -0.971. The van der Waals surface area contributed by atoms with Crippen molar-refractivity contribution < 1.29 is 28.7 Å². The predicted octanol–water partition coefficient (Wildman–Crippen LogP) is 4.23. The van der Waals surface area contributed by atoms with E-state index in [9.17, 15) is 14.7 Å². The van der Waals surface area contributed by atoms with Crippen molar-refractivity contribution in [1.82, 2.24) is 5.32 Å². The molecule has 2 rings (SSSR count). The largest absolute Gasteiger partial charge is 0.492 e. The van der Waals surface area contributed by atoms with Gasteiger partial charge in [0.25, 0.3) is 0 Å². The van der Waals surface area contributed by atoms with Crippen LogP contribution in [0.25, 0.3) is 6.08 Å². The Balaban J connectivity index is 2.32. The van der Waals surface area contributed by atoms with Gasteiger partial charge in [-0.25, -0.2) is 9.59 Å². The average molecular weight is 417 g/mol. The van der Waals surface area contributed by atoms with E-state index in [-0.39, 0.29) is 12.1 Å². The van der Waals surface area contributed by atoms with Gasteiger partial charge in [0.1, 0.15) is 5.60 Å². The second-order valence-corrected chi connectivity index (χ2v) is 9.54. The number of rotatable bonds is 5. The van der Waals surface area contributed by atoms with Crippen LogP contribution < -0.4 is 5.32 Å². The van der Waals surface area contributed by atoms with Crippen LogP contribution in [-0.4, -0.2) is 47.6 Å². The molecule has 1 aromatic rings. The molecule has 2 N–H and O–H groups in total. The molecule has 8 heteroatoms. The van der Waals surface area contributed by atoms with Crippen LogP contribution in [0.15, 0.2) is 23.7 Å². The number of hydrogen-bond donors (Lipinski definition) is 2. The van der Waals surface area contributed by atoms with Crippen molar-refractivity contribution in [1.29, 1.82) is 0 Å². The first-order chi connectivity index (χ1) is 13.6. The van der Waals surface area contributed by atoms with Crippen LogP contribution in [0.3, 0.4) is 0 Å². The zero-order chi connectivity index (χ0) is 22.9. The van der Waals surface area contributed by atoms with Crippen molar-refractivity contribution in [3.63, 3.8) is 0 Å². The van der Waals surface area contributed by atoms with Gasteiger partial charge in [-0.1, -0.05) is 18.2 Å². The highest BCUT2D eigenvalue weighted by Gasteiger charge is 2.52. The molecule has 1 aliphatic rings. The van der Waals surface area contributed by atoms with E-state index in [2.05, 4.69) is 5.32 Å². The van der Waals surface area contributed by atoms with Crippen molar-refractivity contribution >= 4 is 25.3 Å². The maximum Gasteiger partial charge on any atom is 0.492 e. The van der Waals surface area contributed by atoms with Crippen LogP contribution in [0, 0.1) is 6.92 Å². The lowest BCUT2D eigenvalue weighted by Gasteiger charge is -2.32. The van der Waals surface area contributed by atoms with Gasteiger partial charge in [0.15, 0.2) is 0 Å². The Hall–Kier alpha value is -2.32. The number of aryl methyl sites for hydroxylation is 1. The fourth-order valence-electron chi connectivity index (χ4n) is 2.92. The molecule has 30 heavy (non-hydrogen) atoms. The van der Waals surface area contributed by atoms with Crippen molar-refractivity contribution in [2.45, 2.75) is 72.2 Å². The molecular weight excluding hydrogens is 385 g/mol. The lowest BCUT2D eigenvalue weighted by molar-refractivity contribution is 0.00578. The second kappa shape index (κ2) is 8.43. The highest BCUT2D eigenvalue weighted by Crippen LogP contribution is 2.38. The van der Waals surface area contributed by atoms with Gasteiger partial charge in [-0.3, -0.25) is 0 Å². The normalized spacial score (nSPS) is 18.3. The van der Waals surface area contributed by atoms with Gasteiger partial charge in [-0.15, -0.1) is 0 Å². The molecule has 1 fully saturated rings. The molecule has 0 bridgehead atoms. The van der Waals surface area contributed by atoms with E-state index in [0.29, 0.717) is 11.0 Å². The molecule has 164 valence electrons. The third-order valence-corrected chi connectivity index (χ3v) is 5.22. The Morgan fingerprint density at radius 3 is 2.20 bits per heavy atom. The Morgan fingerprint density at radius 1 is 1.17 bits per heavy atom. The highest BCUT2D eigenvalue weighted by molar-refractivity contribution is 6.56. The summed E-state index contributed by atoms with van der Waals surface area (Å²) in [6, 6.07) is 5.06. The van der Waals surface area contributed by atoms with Gasteiger partial charge < -0.3 is 24.5 Å². The van der Waals surface area contributed by atoms with Gasteiger partial charge in [-0.05, 0) is 78.1 Å². The van der Waals surface area contributed by atoms with Gasteiger partial charge in [0.2, 0.25) is 0 Å². The molecule has 0 unspecified atom stereocenters. The summed E-state index contributed by atoms with van der Waals surface area (Å²) in [6.07, 6.45) is 1.31. The number of carboxylic acid groups (broad SMARTS) is 1. The smallest absolute Gasteiger partial charge is 0.478 e. The van der Waals surface area contributed by atoms with Gasteiger partial charge in [-0.2, -0.15) is 0 Å². The van der Waals surface area contributed by atoms with Crippen molar-refractivity contribution in [2.24, 2.45) is 0 Å². The average Bonchev–Trinajstić information content (AvgIpc) is 2.77. The summed E-state index contributed by atoms with van der Waals surface area (Å²) in [5, 5.41) is 12.0. The molecule has 0 saturated carbocycles. The molecule has 1 aliphatic heterocycles. The van der Waals surface area contributed by atoms with Crippen LogP contribution in [0.5, 0.6) is 0 Å². The minimum atomic E-state index is -0.971. The number of carboxylic acids is 1. The maximum absolute atomic E-state index is 12.2. The van der Waals surface area contributed by atoms with Crippen LogP contribution in [0.4, 0.5) is 4.79 Å². The van der Waals surface area contributed by atoms with Gasteiger partial charge >= 0.3 is 19.2 Å². The van der Waals surface area contributed by atoms with Crippen LogP contribution in [-0.2, 0) is 14.0 Å². The molecule has 1 amide bonds. The van der Waals surface area contributed by atoms with E-state index in [1.807, 2.05) is 33.8 Å². The highest BCUT2D eigenvalue weighted by atomic mass is 16.7. The summed E-state index contributed by atoms with van der Waals surface area (Å²) in [4.78, 5) is 23.4.